The Kier molecular flexibility index (Phi) is 5.21. The minimum Gasteiger partial charge on any atom is -0.391 e. The summed E-state index contributed by atoms with van der Waals surface area (Å²) in [6, 6.07) is 0. The zero-order valence-corrected chi connectivity index (χ0v) is 9.44. The molecule has 0 rings (SSSR count). The molecule has 0 radical (unpaired) electrons. The number of carbonyl (C=O) groups is 3. The Hall–Kier alpha value is -1.32. The van der Waals surface area contributed by atoms with Crippen LogP contribution in [0.3, 0.4) is 0 Å². The molecule has 0 saturated heterocycles. The number of ether oxygens (including phenoxy) is 1. The van der Waals surface area contributed by atoms with E-state index in [0.29, 0.717) is 6.26 Å². The smallest absolute Gasteiger partial charge is 0.352 e. The molecule has 0 bridgehead atoms. The lowest BCUT2D eigenvalue weighted by atomic mass is 10.2. The van der Waals surface area contributed by atoms with Gasteiger partial charge in [0.1, 0.15) is 0 Å². The minimum absolute atomic E-state index is 0.618. The van der Waals surface area contributed by atoms with Crippen molar-refractivity contribution in [3.05, 3.63) is 0 Å². The van der Waals surface area contributed by atoms with E-state index < -0.39 is 40.5 Å². The standard InChI is InChI=1S/C7H11NO7S/c1-4(9)14-7(11)6(5(10)3-8)15-16(2,12)13/h6H,3,8H2,1-2H3. The van der Waals surface area contributed by atoms with Crippen molar-refractivity contribution >= 4 is 27.8 Å². The molecule has 9 heteroatoms. The molecule has 0 aromatic heterocycles. The molecule has 0 aromatic rings. The van der Waals surface area contributed by atoms with Gasteiger partial charge in [-0.15, -0.1) is 0 Å². The third-order valence-electron chi connectivity index (χ3n) is 1.22. The molecule has 8 nitrogen and oxygen atoms in total. The fraction of sp³-hybridized carbons (Fsp3) is 0.571. The average molecular weight is 253 g/mol. The van der Waals surface area contributed by atoms with Gasteiger partial charge in [0.2, 0.25) is 6.10 Å². The summed E-state index contributed by atoms with van der Waals surface area (Å²) in [4.78, 5) is 32.7. The number of Topliss-reactive ketones (excluding diaryl/α,β-unsaturated/α-hetero) is 1. The zero-order valence-electron chi connectivity index (χ0n) is 8.63. The van der Waals surface area contributed by atoms with Crippen LogP contribution in [0.1, 0.15) is 6.92 Å². The second-order valence-corrected chi connectivity index (χ2v) is 4.36. The lowest BCUT2D eigenvalue weighted by Crippen LogP contribution is -2.40. The summed E-state index contributed by atoms with van der Waals surface area (Å²) in [6.45, 7) is 0.301. The highest BCUT2D eigenvalue weighted by atomic mass is 32.2. The molecule has 2 N–H and O–H groups in total. The van der Waals surface area contributed by atoms with E-state index in [0.717, 1.165) is 6.92 Å². The van der Waals surface area contributed by atoms with E-state index in [4.69, 9.17) is 5.73 Å². The molecule has 0 saturated carbocycles. The predicted molar refractivity (Wildman–Crippen MR) is 50.6 cm³/mol. The van der Waals surface area contributed by atoms with Crippen molar-refractivity contribution in [2.75, 3.05) is 12.8 Å². The number of ketones is 1. The normalized spacial score (nSPS) is 12.9. The third kappa shape index (κ3) is 5.53. The molecule has 0 amide bonds. The minimum atomic E-state index is -4.05. The monoisotopic (exact) mass is 253 g/mol. The number of nitrogens with two attached hydrogens (primary N) is 1. The van der Waals surface area contributed by atoms with Crippen LogP contribution in [0.5, 0.6) is 0 Å². The van der Waals surface area contributed by atoms with E-state index in [1.807, 2.05) is 0 Å². The first-order chi connectivity index (χ1) is 7.17. The van der Waals surface area contributed by atoms with Crippen LogP contribution >= 0.6 is 0 Å². The maximum Gasteiger partial charge on any atom is 0.352 e. The number of carbonyl (C=O) groups excluding carboxylic acids is 3. The second-order valence-electron chi connectivity index (χ2n) is 2.76. The van der Waals surface area contributed by atoms with Crippen LogP contribution in [0.4, 0.5) is 0 Å². The summed E-state index contributed by atoms with van der Waals surface area (Å²) in [6.07, 6.45) is -1.39. The molecule has 0 heterocycles. The van der Waals surface area contributed by atoms with Crippen molar-refractivity contribution in [3.8, 4) is 0 Å². The molecule has 1 unspecified atom stereocenters. The Balaban J connectivity index is 4.88. The summed E-state index contributed by atoms with van der Waals surface area (Å²) in [5, 5.41) is 0. The van der Waals surface area contributed by atoms with Crippen LogP contribution in [0.25, 0.3) is 0 Å². The summed E-state index contributed by atoms with van der Waals surface area (Å²) < 4.78 is 29.7. The Morgan fingerprint density at radius 1 is 1.31 bits per heavy atom. The predicted octanol–water partition coefficient (Wildman–Crippen LogP) is -2.05. The maximum absolute atomic E-state index is 11.1. The summed E-state index contributed by atoms with van der Waals surface area (Å²) in [5.41, 5.74) is 4.94. The quantitative estimate of drug-likeness (QED) is 0.336. The summed E-state index contributed by atoms with van der Waals surface area (Å²) in [7, 11) is -4.05. The molecule has 0 aliphatic heterocycles. The number of rotatable bonds is 5. The van der Waals surface area contributed by atoms with Crippen LogP contribution in [-0.2, 0) is 33.4 Å². The van der Waals surface area contributed by atoms with Gasteiger partial charge < -0.3 is 10.5 Å². The van der Waals surface area contributed by atoms with E-state index in [1.54, 1.807) is 0 Å². The van der Waals surface area contributed by atoms with Crippen molar-refractivity contribution < 1.29 is 31.7 Å². The Bertz CT molecular complexity index is 399. The molecular weight excluding hydrogens is 242 g/mol. The first-order valence-electron chi connectivity index (χ1n) is 4.00. The number of esters is 2. The topological polar surface area (TPSA) is 130 Å². The Morgan fingerprint density at radius 3 is 2.12 bits per heavy atom. The van der Waals surface area contributed by atoms with E-state index in [9.17, 15) is 22.8 Å². The van der Waals surface area contributed by atoms with Gasteiger partial charge in [-0.2, -0.15) is 8.42 Å². The van der Waals surface area contributed by atoms with Gasteiger partial charge in [0, 0.05) is 6.92 Å². The van der Waals surface area contributed by atoms with Crippen LogP contribution in [0.2, 0.25) is 0 Å². The van der Waals surface area contributed by atoms with Gasteiger partial charge in [-0.1, -0.05) is 0 Å². The molecule has 0 aliphatic rings. The second kappa shape index (κ2) is 5.68. The maximum atomic E-state index is 11.1. The van der Waals surface area contributed by atoms with Gasteiger partial charge in [-0.05, 0) is 0 Å². The average Bonchev–Trinajstić information content (AvgIpc) is 2.10. The third-order valence-corrected chi connectivity index (χ3v) is 1.77. The van der Waals surface area contributed by atoms with Crippen LogP contribution in [0.15, 0.2) is 0 Å². The lowest BCUT2D eigenvalue weighted by Gasteiger charge is -2.11. The van der Waals surface area contributed by atoms with Crippen molar-refractivity contribution in [2.45, 2.75) is 13.0 Å². The van der Waals surface area contributed by atoms with Crippen molar-refractivity contribution in [2.24, 2.45) is 5.73 Å². The largest absolute Gasteiger partial charge is 0.391 e. The SMILES string of the molecule is CC(=O)OC(=O)C(OS(C)(=O)=O)C(=O)CN. The van der Waals surface area contributed by atoms with Crippen molar-refractivity contribution in [3.63, 3.8) is 0 Å². The Morgan fingerprint density at radius 2 is 1.81 bits per heavy atom. The van der Waals surface area contributed by atoms with Crippen molar-refractivity contribution in [1.82, 2.24) is 0 Å². The number of hydrogen-bond acceptors (Lipinski definition) is 8. The molecule has 92 valence electrons. The van der Waals surface area contributed by atoms with Gasteiger partial charge in [0.25, 0.3) is 10.1 Å². The first-order valence-corrected chi connectivity index (χ1v) is 5.82. The van der Waals surface area contributed by atoms with Crippen LogP contribution < -0.4 is 5.73 Å². The van der Waals surface area contributed by atoms with Gasteiger partial charge in [0.05, 0.1) is 12.8 Å². The molecule has 16 heavy (non-hydrogen) atoms. The van der Waals surface area contributed by atoms with Crippen LogP contribution in [0, 0.1) is 0 Å². The van der Waals surface area contributed by atoms with Gasteiger partial charge >= 0.3 is 11.9 Å². The zero-order chi connectivity index (χ0) is 12.9. The van der Waals surface area contributed by atoms with Gasteiger partial charge in [-0.3, -0.25) is 9.59 Å². The van der Waals surface area contributed by atoms with Crippen molar-refractivity contribution in [1.29, 1.82) is 0 Å². The van der Waals surface area contributed by atoms with Gasteiger partial charge in [-0.25, -0.2) is 8.98 Å². The van der Waals surface area contributed by atoms with E-state index >= 15 is 0 Å². The highest BCUT2D eigenvalue weighted by molar-refractivity contribution is 7.86. The first kappa shape index (κ1) is 14.7. The molecule has 0 spiro atoms. The van der Waals surface area contributed by atoms with E-state index in [2.05, 4.69) is 8.92 Å². The summed E-state index contributed by atoms with van der Waals surface area (Å²) in [5.74, 6) is -3.40. The van der Waals surface area contributed by atoms with Gasteiger partial charge in [0.15, 0.2) is 5.78 Å². The molecule has 0 aliphatic carbocycles. The molecule has 1 atom stereocenters. The highest BCUT2D eigenvalue weighted by Gasteiger charge is 2.32. The van der Waals surface area contributed by atoms with Crippen LogP contribution in [-0.4, -0.2) is 45.0 Å². The molecule has 0 fully saturated rings. The fourth-order valence-corrected chi connectivity index (χ4v) is 1.24. The number of hydrogen-bond donors (Lipinski definition) is 1. The molecule has 0 aromatic carbocycles. The lowest BCUT2D eigenvalue weighted by molar-refractivity contribution is -0.164. The van der Waals surface area contributed by atoms with E-state index in [1.165, 1.54) is 0 Å². The summed E-state index contributed by atoms with van der Waals surface area (Å²) >= 11 is 0. The van der Waals surface area contributed by atoms with E-state index in [-0.39, 0.29) is 0 Å². The highest BCUT2D eigenvalue weighted by Crippen LogP contribution is 2.02. The molecular formula is C7H11NO7S. The Labute approximate surface area is 91.8 Å². The fourth-order valence-electron chi connectivity index (χ4n) is 0.701.